The number of amides is 2. The monoisotopic (exact) mass is 257 g/mol. The normalized spacial score (nSPS) is 11.9. The molecule has 0 bridgehead atoms. The number of aromatic nitrogens is 3. The molecule has 18 heavy (non-hydrogen) atoms. The number of carboxylic acids is 1. The molecule has 9 nitrogen and oxygen atoms in total. The van der Waals surface area contributed by atoms with Gasteiger partial charge in [0.1, 0.15) is 12.2 Å². The van der Waals surface area contributed by atoms with Gasteiger partial charge < -0.3 is 25.4 Å². The van der Waals surface area contributed by atoms with Gasteiger partial charge in [-0.25, -0.2) is 9.59 Å². The van der Waals surface area contributed by atoms with Crippen LogP contribution in [0.15, 0.2) is 6.33 Å². The average Bonchev–Trinajstić information content (AvgIpc) is 2.72. The molecule has 9 heteroatoms. The molecule has 0 radical (unpaired) electrons. The first kappa shape index (κ1) is 13.9. The molecule has 2 amide bonds. The molecule has 0 saturated heterocycles. The minimum atomic E-state index is -1.60. The summed E-state index contributed by atoms with van der Waals surface area (Å²) in [6, 6.07) is -0.544. The van der Waals surface area contributed by atoms with E-state index >= 15 is 0 Å². The van der Waals surface area contributed by atoms with Crippen LogP contribution in [0.3, 0.4) is 0 Å². The standard InChI is InChI=1S/C9H15N5O4/c1-14-5-12-13-7(14)2-3-10-9(18)11-4-6(15)8(16)17/h5-6,15H,2-4H2,1H3,(H,16,17)(H2,10,11,18). The summed E-state index contributed by atoms with van der Waals surface area (Å²) in [6.07, 6.45) is 0.457. The van der Waals surface area contributed by atoms with Crippen molar-refractivity contribution >= 4 is 12.0 Å². The summed E-state index contributed by atoms with van der Waals surface area (Å²) in [6.45, 7) is -0.00728. The van der Waals surface area contributed by atoms with Crippen molar-refractivity contribution in [1.82, 2.24) is 25.4 Å². The highest BCUT2D eigenvalue weighted by molar-refractivity contribution is 5.76. The van der Waals surface area contributed by atoms with Gasteiger partial charge >= 0.3 is 12.0 Å². The second kappa shape index (κ2) is 6.55. The molecule has 0 aliphatic heterocycles. The lowest BCUT2D eigenvalue weighted by Gasteiger charge is -2.09. The Morgan fingerprint density at radius 2 is 2.22 bits per heavy atom. The molecule has 1 atom stereocenters. The van der Waals surface area contributed by atoms with Crippen molar-refractivity contribution in [3.8, 4) is 0 Å². The number of aliphatic hydroxyl groups excluding tert-OH is 1. The first-order chi connectivity index (χ1) is 8.50. The number of carboxylic acid groups (broad SMARTS) is 1. The lowest BCUT2D eigenvalue weighted by molar-refractivity contribution is -0.146. The van der Waals surface area contributed by atoms with Crippen LogP contribution in [-0.4, -0.2) is 56.2 Å². The SMILES string of the molecule is Cn1cnnc1CCNC(=O)NCC(O)C(=O)O. The van der Waals surface area contributed by atoms with E-state index in [1.807, 2.05) is 0 Å². The minimum Gasteiger partial charge on any atom is -0.479 e. The number of carbonyl (C=O) groups is 2. The fourth-order valence-corrected chi connectivity index (χ4v) is 1.16. The van der Waals surface area contributed by atoms with Crippen molar-refractivity contribution in [1.29, 1.82) is 0 Å². The van der Waals surface area contributed by atoms with Crippen LogP contribution in [0.1, 0.15) is 5.82 Å². The number of aryl methyl sites for hydroxylation is 1. The highest BCUT2D eigenvalue weighted by atomic mass is 16.4. The topological polar surface area (TPSA) is 129 Å². The number of aliphatic hydroxyl groups is 1. The predicted octanol–water partition coefficient (Wildman–Crippen LogP) is -1.90. The largest absolute Gasteiger partial charge is 0.479 e. The highest BCUT2D eigenvalue weighted by Crippen LogP contribution is 1.91. The smallest absolute Gasteiger partial charge is 0.334 e. The molecule has 0 aliphatic rings. The Morgan fingerprint density at radius 1 is 1.50 bits per heavy atom. The lowest BCUT2D eigenvalue weighted by Crippen LogP contribution is -2.42. The third-order valence-electron chi connectivity index (χ3n) is 2.18. The maximum atomic E-state index is 11.2. The Balaban J connectivity index is 2.18. The van der Waals surface area contributed by atoms with E-state index in [2.05, 4.69) is 20.8 Å². The van der Waals surface area contributed by atoms with Crippen LogP contribution in [0.25, 0.3) is 0 Å². The van der Waals surface area contributed by atoms with E-state index in [1.54, 1.807) is 17.9 Å². The first-order valence-corrected chi connectivity index (χ1v) is 5.26. The maximum absolute atomic E-state index is 11.2. The quantitative estimate of drug-likeness (QED) is 0.471. The minimum absolute atomic E-state index is 0.335. The van der Waals surface area contributed by atoms with Crippen molar-refractivity contribution in [2.45, 2.75) is 12.5 Å². The fourth-order valence-electron chi connectivity index (χ4n) is 1.16. The molecular formula is C9H15N5O4. The summed E-state index contributed by atoms with van der Waals surface area (Å²) in [5.74, 6) is -0.657. The van der Waals surface area contributed by atoms with Crippen LogP contribution in [0.2, 0.25) is 0 Å². The van der Waals surface area contributed by atoms with E-state index in [0.29, 0.717) is 13.0 Å². The first-order valence-electron chi connectivity index (χ1n) is 5.26. The third kappa shape index (κ3) is 4.37. The Bertz CT molecular complexity index is 419. The highest BCUT2D eigenvalue weighted by Gasteiger charge is 2.13. The Hall–Kier alpha value is -2.16. The molecule has 1 heterocycles. The van der Waals surface area contributed by atoms with Crippen LogP contribution >= 0.6 is 0 Å². The summed E-state index contributed by atoms with van der Waals surface area (Å²) in [7, 11) is 1.79. The molecule has 0 fully saturated rings. The summed E-state index contributed by atoms with van der Waals surface area (Å²) in [5.41, 5.74) is 0. The van der Waals surface area contributed by atoms with Crippen molar-refractivity contribution in [3.05, 3.63) is 12.2 Å². The van der Waals surface area contributed by atoms with E-state index in [9.17, 15) is 9.59 Å². The van der Waals surface area contributed by atoms with Gasteiger partial charge in [0, 0.05) is 20.0 Å². The van der Waals surface area contributed by atoms with Gasteiger partial charge in [-0.3, -0.25) is 0 Å². The van der Waals surface area contributed by atoms with Crippen LogP contribution in [-0.2, 0) is 18.3 Å². The van der Waals surface area contributed by atoms with Crippen molar-refractivity contribution in [3.63, 3.8) is 0 Å². The van der Waals surface area contributed by atoms with E-state index in [1.165, 1.54) is 0 Å². The second-order valence-corrected chi connectivity index (χ2v) is 3.60. The third-order valence-corrected chi connectivity index (χ3v) is 2.18. The van der Waals surface area contributed by atoms with E-state index in [0.717, 1.165) is 5.82 Å². The summed E-state index contributed by atoms with van der Waals surface area (Å²) in [4.78, 5) is 21.5. The molecular weight excluding hydrogens is 242 g/mol. The zero-order chi connectivity index (χ0) is 13.5. The van der Waals surface area contributed by atoms with Gasteiger partial charge in [0.25, 0.3) is 0 Å². The average molecular weight is 257 g/mol. The molecule has 0 spiro atoms. The Morgan fingerprint density at radius 3 is 2.78 bits per heavy atom. The van der Waals surface area contributed by atoms with Gasteiger partial charge in [-0.15, -0.1) is 10.2 Å². The van der Waals surface area contributed by atoms with Gasteiger partial charge in [-0.2, -0.15) is 0 Å². The molecule has 1 aromatic heterocycles. The van der Waals surface area contributed by atoms with Crippen LogP contribution in [0, 0.1) is 0 Å². The number of hydrogen-bond acceptors (Lipinski definition) is 5. The van der Waals surface area contributed by atoms with Crippen molar-refractivity contribution in [2.24, 2.45) is 7.05 Å². The summed E-state index contributed by atoms with van der Waals surface area (Å²) >= 11 is 0. The molecule has 1 unspecified atom stereocenters. The number of aliphatic carboxylic acids is 1. The number of carbonyl (C=O) groups excluding carboxylic acids is 1. The molecule has 1 aromatic rings. The summed E-state index contributed by atoms with van der Waals surface area (Å²) in [5, 5.41) is 29.6. The molecule has 0 aliphatic carbocycles. The molecule has 1 rings (SSSR count). The molecule has 100 valence electrons. The zero-order valence-corrected chi connectivity index (χ0v) is 9.83. The molecule has 0 saturated carbocycles. The number of hydrogen-bond donors (Lipinski definition) is 4. The summed E-state index contributed by atoms with van der Waals surface area (Å²) < 4.78 is 1.73. The Kier molecular flexibility index (Phi) is 5.06. The van der Waals surface area contributed by atoms with Crippen molar-refractivity contribution in [2.75, 3.05) is 13.1 Å². The predicted molar refractivity (Wildman–Crippen MR) is 59.8 cm³/mol. The maximum Gasteiger partial charge on any atom is 0.334 e. The second-order valence-electron chi connectivity index (χ2n) is 3.60. The lowest BCUT2D eigenvalue weighted by atomic mass is 10.3. The number of urea groups is 1. The van der Waals surface area contributed by atoms with Crippen LogP contribution < -0.4 is 10.6 Å². The van der Waals surface area contributed by atoms with Gasteiger partial charge in [0.15, 0.2) is 6.10 Å². The number of nitrogens with zero attached hydrogens (tertiary/aromatic N) is 3. The fraction of sp³-hybridized carbons (Fsp3) is 0.556. The van der Waals surface area contributed by atoms with Crippen LogP contribution in [0.4, 0.5) is 4.79 Å². The zero-order valence-electron chi connectivity index (χ0n) is 9.83. The Labute approximate surface area is 103 Å². The van der Waals surface area contributed by atoms with Gasteiger partial charge in [-0.05, 0) is 0 Å². The van der Waals surface area contributed by atoms with Gasteiger partial charge in [0.05, 0.1) is 6.54 Å². The van der Waals surface area contributed by atoms with Crippen LogP contribution in [0.5, 0.6) is 0 Å². The van der Waals surface area contributed by atoms with E-state index in [4.69, 9.17) is 10.2 Å². The van der Waals surface area contributed by atoms with Gasteiger partial charge in [-0.1, -0.05) is 0 Å². The molecule has 0 aromatic carbocycles. The van der Waals surface area contributed by atoms with E-state index in [-0.39, 0.29) is 6.54 Å². The number of nitrogens with one attached hydrogen (secondary N) is 2. The van der Waals surface area contributed by atoms with Gasteiger partial charge in [0.2, 0.25) is 0 Å². The number of rotatable bonds is 6. The van der Waals surface area contributed by atoms with E-state index < -0.39 is 18.1 Å². The van der Waals surface area contributed by atoms with Crippen molar-refractivity contribution < 1.29 is 19.8 Å². The molecule has 4 N–H and O–H groups in total.